The van der Waals surface area contributed by atoms with Crippen LogP contribution < -0.4 is 0 Å². The van der Waals surface area contributed by atoms with E-state index in [0.29, 0.717) is 11.8 Å². The average molecular weight is 186 g/mol. The minimum absolute atomic E-state index is 0.630. The molecule has 0 aromatic heterocycles. The molecule has 0 nitrogen and oxygen atoms in total. The van der Waals surface area contributed by atoms with Crippen LogP contribution in [0, 0.1) is 11.8 Å². The van der Waals surface area contributed by atoms with Crippen LogP contribution in [0.2, 0.25) is 0 Å². The van der Waals surface area contributed by atoms with Gasteiger partial charge in [0.1, 0.15) is 0 Å². The van der Waals surface area contributed by atoms with Gasteiger partial charge in [-0.25, -0.2) is 0 Å². The Morgan fingerprint density at radius 3 is 1.00 bits per heavy atom. The molecule has 0 aromatic carbocycles. The van der Waals surface area contributed by atoms with Gasteiger partial charge in [0.25, 0.3) is 0 Å². The first kappa shape index (κ1) is 9.51. The molecule has 2 rings (SSSR count). The highest BCUT2D eigenvalue weighted by atomic mass is 14.3. The fourth-order valence-electron chi connectivity index (χ4n) is 2.71. The topological polar surface area (TPSA) is 0 Å². The second kappa shape index (κ2) is 3.27. The van der Waals surface area contributed by atoms with Gasteiger partial charge < -0.3 is 0 Å². The van der Waals surface area contributed by atoms with Gasteiger partial charge in [0.05, 0.1) is 0 Å². The molecule has 0 radical (unpaired) electrons. The molecule has 0 atom stereocenters. The van der Waals surface area contributed by atoms with Crippen molar-refractivity contribution < 1.29 is 0 Å². The van der Waals surface area contributed by atoms with E-state index in [-0.39, 0.29) is 0 Å². The Labute approximate surface area is 86.7 Å². The van der Waals surface area contributed by atoms with Crippen molar-refractivity contribution in [2.24, 2.45) is 11.8 Å². The lowest BCUT2D eigenvalue weighted by Gasteiger charge is -2.35. The Hall–Kier alpha value is -1.04. The van der Waals surface area contributed by atoms with Gasteiger partial charge in [-0.3, -0.25) is 0 Å². The SMILES string of the molecule is CC1=CC=C(C)C2C(C)=CC=C(C)C12. The van der Waals surface area contributed by atoms with Crippen LogP contribution in [-0.4, -0.2) is 0 Å². The van der Waals surface area contributed by atoms with Gasteiger partial charge in [0.15, 0.2) is 0 Å². The third-order valence-corrected chi connectivity index (χ3v) is 3.51. The lowest BCUT2D eigenvalue weighted by Crippen LogP contribution is -2.24. The molecular weight excluding hydrogens is 168 g/mol. The third kappa shape index (κ3) is 1.30. The second-order valence-corrected chi connectivity index (χ2v) is 4.60. The second-order valence-electron chi connectivity index (χ2n) is 4.60. The zero-order chi connectivity index (χ0) is 10.3. The van der Waals surface area contributed by atoms with Crippen molar-refractivity contribution in [3.05, 3.63) is 46.6 Å². The van der Waals surface area contributed by atoms with Crippen LogP contribution in [0.25, 0.3) is 0 Å². The predicted molar refractivity (Wildman–Crippen MR) is 62.0 cm³/mol. The summed E-state index contributed by atoms with van der Waals surface area (Å²) < 4.78 is 0. The summed E-state index contributed by atoms with van der Waals surface area (Å²) in [4.78, 5) is 0. The lowest BCUT2D eigenvalue weighted by molar-refractivity contribution is 0.534. The first-order valence-corrected chi connectivity index (χ1v) is 5.31. The van der Waals surface area contributed by atoms with Crippen molar-refractivity contribution in [2.45, 2.75) is 27.7 Å². The summed E-state index contributed by atoms with van der Waals surface area (Å²) in [6, 6.07) is 0. The minimum atomic E-state index is 0.630. The highest BCUT2D eigenvalue weighted by Crippen LogP contribution is 2.42. The van der Waals surface area contributed by atoms with Gasteiger partial charge in [0, 0.05) is 11.8 Å². The molecule has 0 bridgehead atoms. The number of hydrogen-bond donors (Lipinski definition) is 0. The van der Waals surface area contributed by atoms with Crippen LogP contribution in [0.4, 0.5) is 0 Å². The van der Waals surface area contributed by atoms with Crippen molar-refractivity contribution in [3.63, 3.8) is 0 Å². The molecule has 0 saturated heterocycles. The molecule has 0 aliphatic heterocycles. The molecule has 14 heavy (non-hydrogen) atoms. The highest BCUT2D eigenvalue weighted by molar-refractivity contribution is 5.43. The van der Waals surface area contributed by atoms with Crippen LogP contribution in [0.5, 0.6) is 0 Å². The molecule has 0 fully saturated rings. The van der Waals surface area contributed by atoms with E-state index in [9.17, 15) is 0 Å². The van der Waals surface area contributed by atoms with E-state index in [2.05, 4.69) is 52.0 Å². The average Bonchev–Trinajstić information content (AvgIpc) is 2.16. The molecule has 0 aromatic rings. The summed E-state index contributed by atoms with van der Waals surface area (Å²) in [5.41, 5.74) is 6.01. The summed E-state index contributed by atoms with van der Waals surface area (Å²) in [7, 11) is 0. The van der Waals surface area contributed by atoms with Crippen molar-refractivity contribution >= 4 is 0 Å². The van der Waals surface area contributed by atoms with Crippen molar-refractivity contribution in [1.29, 1.82) is 0 Å². The van der Waals surface area contributed by atoms with Gasteiger partial charge >= 0.3 is 0 Å². The smallest absolute Gasteiger partial charge is 0.0111 e. The Morgan fingerprint density at radius 2 is 0.786 bits per heavy atom. The predicted octanol–water partition coefficient (Wildman–Crippen LogP) is 4.03. The molecule has 0 saturated carbocycles. The van der Waals surface area contributed by atoms with Crippen LogP contribution in [0.15, 0.2) is 46.6 Å². The van der Waals surface area contributed by atoms with Gasteiger partial charge in [0.2, 0.25) is 0 Å². The fraction of sp³-hybridized carbons (Fsp3) is 0.429. The van der Waals surface area contributed by atoms with Crippen molar-refractivity contribution in [2.75, 3.05) is 0 Å². The third-order valence-electron chi connectivity index (χ3n) is 3.51. The summed E-state index contributed by atoms with van der Waals surface area (Å²) in [6.07, 6.45) is 9.08. The quantitative estimate of drug-likeness (QED) is 0.536. The first-order chi connectivity index (χ1) is 6.61. The number of hydrogen-bond acceptors (Lipinski definition) is 0. The van der Waals surface area contributed by atoms with E-state index >= 15 is 0 Å². The maximum Gasteiger partial charge on any atom is 0.0111 e. The molecule has 2 aliphatic rings. The van der Waals surface area contributed by atoms with Gasteiger partial charge in [-0.15, -0.1) is 0 Å². The largest absolute Gasteiger partial charge is 0.0652 e. The van der Waals surface area contributed by atoms with Gasteiger partial charge in [-0.2, -0.15) is 0 Å². The Kier molecular flexibility index (Phi) is 2.22. The van der Waals surface area contributed by atoms with Crippen molar-refractivity contribution in [1.82, 2.24) is 0 Å². The van der Waals surface area contributed by atoms with E-state index in [1.54, 1.807) is 0 Å². The number of rotatable bonds is 0. The summed E-state index contributed by atoms with van der Waals surface area (Å²) in [6.45, 7) is 8.99. The van der Waals surface area contributed by atoms with E-state index in [4.69, 9.17) is 0 Å². The molecule has 0 spiro atoms. The first-order valence-electron chi connectivity index (χ1n) is 5.31. The van der Waals surface area contributed by atoms with Gasteiger partial charge in [-0.05, 0) is 27.7 Å². The zero-order valence-electron chi connectivity index (χ0n) is 9.46. The van der Waals surface area contributed by atoms with Gasteiger partial charge in [-0.1, -0.05) is 46.6 Å². The normalized spacial score (nSPS) is 31.1. The molecule has 0 heteroatoms. The summed E-state index contributed by atoms with van der Waals surface area (Å²) >= 11 is 0. The molecule has 2 aliphatic carbocycles. The maximum atomic E-state index is 2.27. The standard InChI is InChI=1S/C14H18/c1-9-5-6-11(3)14-12(4)8-7-10(2)13(9)14/h5-8,13-14H,1-4H3. The van der Waals surface area contributed by atoms with Crippen LogP contribution in [0.1, 0.15) is 27.7 Å². The number of fused-ring (bicyclic) bond motifs is 1. The van der Waals surface area contributed by atoms with Crippen LogP contribution in [0.3, 0.4) is 0 Å². The summed E-state index contributed by atoms with van der Waals surface area (Å²) in [5.74, 6) is 1.26. The molecule has 0 amide bonds. The fourth-order valence-corrected chi connectivity index (χ4v) is 2.71. The molecular formula is C14H18. The van der Waals surface area contributed by atoms with E-state index in [1.165, 1.54) is 22.3 Å². The Morgan fingerprint density at radius 1 is 0.571 bits per heavy atom. The number of allylic oxidation sites excluding steroid dienone is 8. The molecule has 74 valence electrons. The van der Waals surface area contributed by atoms with E-state index < -0.39 is 0 Å². The zero-order valence-corrected chi connectivity index (χ0v) is 9.46. The Bertz CT molecular complexity index is 301. The highest BCUT2D eigenvalue weighted by Gasteiger charge is 2.30. The Balaban J connectivity index is 2.49. The summed E-state index contributed by atoms with van der Waals surface area (Å²) in [5, 5.41) is 0. The van der Waals surface area contributed by atoms with Crippen LogP contribution >= 0.6 is 0 Å². The van der Waals surface area contributed by atoms with E-state index in [0.717, 1.165) is 0 Å². The minimum Gasteiger partial charge on any atom is -0.0652 e. The maximum absolute atomic E-state index is 2.27. The van der Waals surface area contributed by atoms with Crippen molar-refractivity contribution in [3.8, 4) is 0 Å². The van der Waals surface area contributed by atoms with Crippen LogP contribution in [-0.2, 0) is 0 Å². The molecule has 0 unspecified atom stereocenters. The monoisotopic (exact) mass is 186 g/mol. The van der Waals surface area contributed by atoms with E-state index in [1.807, 2.05) is 0 Å². The lowest BCUT2D eigenvalue weighted by atomic mass is 9.69. The molecule has 0 heterocycles. The molecule has 0 N–H and O–H groups in total.